The van der Waals surface area contributed by atoms with E-state index >= 15 is 0 Å². The van der Waals surface area contributed by atoms with E-state index in [0.717, 1.165) is 52.8 Å². The molecule has 0 spiro atoms. The molecule has 174 valence electrons. The summed E-state index contributed by atoms with van der Waals surface area (Å²) in [6, 6.07) is 6.88. The van der Waals surface area contributed by atoms with E-state index < -0.39 is 39.5 Å². The van der Waals surface area contributed by atoms with Gasteiger partial charge in [0.05, 0.1) is 10.5 Å². The largest absolute Gasteiger partial charge is 0.416 e. The lowest BCUT2D eigenvalue weighted by Gasteiger charge is -2.22. The van der Waals surface area contributed by atoms with Crippen LogP contribution < -0.4 is 5.32 Å². The highest BCUT2D eigenvalue weighted by atomic mass is 32.2. The minimum Gasteiger partial charge on any atom is -0.403 e. The summed E-state index contributed by atoms with van der Waals surface area (Å²) in [6.45, 7) is 0.0957. The first kappa shape index (κ1) is 22.9. The van der Waals surface area contributed by atoms with Crippen molar-refractivity contribution in [1.82, 2.24) is 14.5 Å². The van der Waals surface area contributed by atoms with E-state index in [9.17, 15) is 30.8 Å². The number of hydrogen-bond donors (Lipinski definition) is 1. The van der Waals surface area contributed by atoms with Gasteiger partial charge in [-0.05, 0) is 61.4 Å². The molecule has 0 saturated carbocycles. The third-order valence-corrected chi connectivity index (χ3v) is 6.96. The minimum atomic E-state index is -4.49. The molecular weight excluding hydrogens is 468 g/mol. The van der Waals surface area contributed by atoms with Gasteiger partial charge in [0.2, 0.25) is 21.8 Å². The number of amides is 1. The summed E-state index contributed by atoms with van der Waals surface area (Å²) < 4.78 is 83.3. The Labute approximate surface area is 185 Å². The molecule has 1 aliphatic heterocycles. The highest BCUT2D eigenvalue weighted by molar-refractivity contribution is 7.89. The molecule has 2 aromatic carbocycles. The summed E-state index contributed by atoms with van der Waals surface area (Å²) in [5, 5.41) is 9.70. The van der Waals surface area contributed by atoms with Crippen LogP contribution in [0.3, 0.4) is 0 Å². The molecule has 4 rings (SSSR count). The van der Waals surface area contributed by atoms with Crippen molar-refractivity contribution in [3.63, 3.8) is 0 Å². The van der Waals surface area contributed by atoms with Crippen molar-refractivity contribution in [2.24, 2.45) is 0 Å². The van der Waals surface area contributed by atoms with Crippen molar-refractivity contribution in [1.29, 1.82) is 0 Å². The molecule has 0 bridgehead atoms. The van der Waals surface area contributed by atoms with Crippen LogP contribution in [0.2, 0.25) is 0 Å². The number of carbonyl (C=O) groups is 1. The van der Waals surface area contributed by atoms with Crippen LogP contribution in [0.4, 0.5) is 23.6 Å². The van der Waals surface area contributed by atoms with Crippen LogP contribution in [0.25, 0.3) is 11.5 Å². The van der Waals surface area contributed by atoms with Crippen LogP contribution in [0.15, 0.2) is 57.8 Å². The molecule has 1 N–H and O–H groups in total. The smallest absolute Gasteiger partial charge is 0.403 e. The van der Waals surface area contributed by atoms with E-state index in [4.69, 9.17) is 4.42 Å². The number of rotatable bonds is 5. The maximum atomic E-state index is 13.2. The molecule has 0 radical (unpaired) electrons. The van der Waals surface area contributed by atoms with Crippen molar-refractivity contribution in [2.45, 2.75) is 30.0 Å². The second kappa shape index (κ2) is 8.56. The van der Waals surface area contributed by atoms with Crippen molar-refractivity contribution < 1.29 is 35.2 Å². The molecule has 1 unspecified atom stereocenters. The fourth-order valence-corrected chi connectivity index (χ4v) is 5.07. The Hall–Kier alpha value is -3.32. The Morgan fingerprint density at radius 3 is 2.36 bits per heavy atom. The molecule has 1 amide bonds. The Morgan fingerprint density at radius 1 is 1.06 bits per heavy atom. The van der Waals surface area contributed by atoms with E-state index in [1.807, 2.05) is 0 Å². The standard InChI is InChI=1S/C20H16F4N4O4S/c21-14-7-9-15(10-8-14)33(30,31)28-11-1-2-16(28)17(29)25-19-27-26-18(32-19)12-3-5-13(6-4-12)20(22,23)24/h3-10,16H,1-2,11H2,(H,25,27,29). The van der Waals surface area contributed by atoms with E-state index in [1.54, 1.807) is 0 Å². The van der Waals surface area contributed by atoms with Gasteiger partial charge in [-0.25, -0.2) is 12.8 Å². The van der Waals surface area contributed by atoms with E-state index in [1.165, 1.54) is 0 Å². The first-order chi connectivity index (χ1) is 15.6. The Morgan fingerprint density at radius 2 is 1.73 bits per heavy atom. The minimum absolute atomic E-state index is 0.0957. The fraction of sp³-hybridized carbons (Fsp3) is 0.250. The maximum Gasteiger partial charge on any atom is 0.416 e. The highest BCUT2D eigenvalue weighted by Gasteiger charge is 2.40. The number of aromatic nitrogens is 2. The molecular formula is C20H16F4N4O4S. The predicted octanol–water partition coefficient (Wildman–Crippen LogP) is 3.69. The number of hydrogen-bond acceptors (Lipinski definition) is 6. The maximum absolute atomic E-state index is 13.2. The van der Waals surface area contributed by atoms with Gasteiger partial charge in [-0.1, -0.05) is 5.10 Å². The number of carbonyl (C=O) groups excluding carboxylic acids is 1. The monoisotopic (exact) mass is 484 g/mol. The van der Waals surface area contributed by atoms with Gasteiger partial charge in [0.25, 0.3) is 0 Å². The number of alkyl halides is 3. The van der Waals surface area contributed by atoms with E-state index in [0.29, 0.717) is 6.42 Å². The van der Waals surface area contributed by atoms with Gasteiger partial charge in [-0.2, -0.15) is 17.5 Å². The average molecular weight is 484 g/mol. The van der Waals surface area contributed by atoms with Gasteiger partial charge >= 0.3 is 12.2 Å². The zero-order valence-electron chi connectivity index (χ0n) is 16.7. The second-order valence-electron chi connectivity index (χ2n) is 7.20. The van der Waals surface area contributed by atoms with Gasteiger partial charge in [-0.3, -0.25) is 10.1 Å². The lowest BCUT2D eigenvalue weighted by Crippen LogP contribution is -2.43. The topological polar surface area (TPSA) is 105 Å². The number of halogens is 4. The zero-order chi connectivity index (χ0) is 23.8. The van der Waals surface area contributed by atoms with Crippen LogP contribution in [-0.2, 0) is 21.0 Å². The summed E-state index contributed by atoms with van der Waals surface area (Å²) in [6.07, 6.45) is -3.82. The lowest BCUT2D eigenvalue weighted by molar-refractivity contribution is -0.137. The van der Waals surface area contributed by atoms with E-state index in [-0.39, 0.29) is 35.3 Å². The highest BCUT2D eigenvalue weighted by Crippen LogP contribution is 2.31. The molecule has 1 saturated heterocycles. The van der Waals surface area contributed by atoms with Gasteiger partial charge < -0.3 is 4.42 Å². The van der Waals surface area contributed by atoms with Crippen molar-refractivity contribution in [3.8, 4) is 11.5 Å². The summed E-state index contributed by atoms with van der Waals surface area (Å²) in [7, 11) is -4.05. The van der Waals surface area contributed by atoms with Crippen LogP contribution >= 0.6 is 0 Å². The third kappa shape index (κ3) is 4.73. The molecule has 8 nitrogen and oxygen atoms in total. The van der Waals surface area contributed by atoms with Crippen LogP contribution in [0, 0.1) is 5.82 Å². The SMILES string of the molecule is O=C(Nc1nnc(-c2ccc(C(F)(F)F)cc2)o1)C1CCCN1S(=O)(=O)c1ccc(F)cc1. The predicted molar refractivity (Wildman–Crippen MR) is 107 cm³/mol. The van der Waals surface area contributed by atoms with Gasteiger partial charge in [-0.15, -0.1) is 5.10 Å². The Balaban J connectivity index is 1.48. The first-order valence-electron chi connectivity index (χ1n) is 9.65. The molecule has 33 heavy (non-hydrogen) atoms. The summed E-state index contributed by atoms with van der Waals surface area (Å²) >= 11 is 0. The second-order valence-corrected chi connectivity index (χ2v) is 9.09. The normalized spacial score (nSPS) is 17.3. The summed E-state index contributed by atoms with van der Waals surface area (Å²) in [5.74, 6) is -1.42. The Bertz CT molecular complexity index is 1260. The molecule has 2 heterocycles. The molecule has 1 aromatic heterocycles. The fourth-order valence-electron chi connectivity index (χ4n) is 3.41. The zero-order valence-corrected chi connectivity index (χ0v) is 17.5. The van der Waals surface area contributed by atoms with Gasteiger partial charge in [0.15, 0.2) is 0 Å². The van der Waals surface area contributed by atoms with Gasteiger partial charge in [0.1, 0.15) is 11.9 Å². The quantitative estimate of drug-likeness (QED) is 0.554. The molecule has 13 heteroatoms. The lowest BCUT2D eigenvalue weighted by atomic mass is 10.1. The van der Waals surface area contributed by atoms with Crippen LogP contribution in [0.1, 0.15) is 18.4 Å². The van der Waals surface area contributed by atoms with Crippen LogP contribution in [0.5, 0.6) is 0 Å². The number of nitrogens with one attached hydrogen (secondary N) is 1. The molecule has 3 aromatic rings. The molecule has 1 fully saturated rings. The van der Waals surface area contributed by atoms with Crippen molar-refractivity contribution in [3.05, 3.63) is 59.9 Å². The van der Waals surface area contributed by atoms with Crippen molar-refractivity contribution in [2.75, 3.05) is 11.9 Å². The number of benzene rings is 2. The Kier molecular flexibility index (Phi) is 5.93. The molecule has 1 aliphatic rings. The van der Waals surface area contributed by atoms with Crippen LogP contribution in [-0.4, -0.2) is 41.4 Å². The van der Waals surface area contributed by atoms with Crippen molar-refractivity contribution >= 4 is 21.9 Å². The summed E-state index contributed by atoms with van der Waals surface area (Å²) in [4.78, 5) is 12.6. The molecule has 1 atom stereocenters. The van der Waals surface area contributed by atoms with Gasteiger partial charge in [0, 0.05) is 12.1 Å². The number of sulfonamides is 1. The van der Waals surface area contributed by atoms with E-state index in [2.05, 4.69) is 15.5 Å². The first-order valence-corrected chi connectivity index (χ1v) is 11.1. The number of nitrogens with zero attached hydrogens (tertiary/aromatic N) is 3. The average Bonchev–Trinajstić information content (AvgIpc) is 3.44. The number of anilines is 1. The summed E-state index contributed by atoms with van der Waals surface area (Å²) in [5.41, 5.74) is -0.639. The molecule has 0 aliphatic carbocycles. The third-order valence-electron chi connectivity index (χ3n) is 5.04.